The Morgan fingerprint density at radius 1 is 0.585 bits per heavy atom. The fourth-order valence-corrected chi connectivity index (χ4v) is 5.20. The Labute approximate surface area is 241 Å². The third-order valence-electron chi connectivity index (χ3n) is 7.02. The van der Waals surface area contributed by atoms with Crippen molar-refractivity contribution in [2.24, 2.45) is 0 Å². The van der Waals surface area contributed by atoms with Crippen LogP contribution in [0, 0.1) is 0 Å². The van der Waals surface area contributed by atoms with E-state index >= 15 is 0 Å². The second-order valence-electron chi connectivity index (χ2n) is 9.75. The molecule has 0 saturated carbocycles. The SMILES string of the molecule is C=C/C=C(\C=C/C)N(c1ccccc1)c1ccc2cc3ccc(N(c4ccccc4)c4ccccc4)cc3nc2c1. The molecule has 1 heterocycles. The highest BCUT2D eigenvalue weighted by atomic mass is 15.1. The molecular weight excluding hydrogens is 498 g/mol. The van der Waals surface area contributed by atoms with Crippen molar-refractivity contribution in [1.29, 1.82) is 0 Å². The topological polar surface area (TPSA) is 19.4 Å². The number of allylic oxidation sites excluding steroid dienone is 4. The molecule has 0 unspecified atom stereocenters. The molecule has 0 saturated heterocycles. The molecule has 0 aliphatic heterocycles. The molecule has 6 rings (SSSR count). The van der Waals surface area contributed by atoms with E-state index in [1.807, 2.05) is 43.4 Å². The Bertz CT molecular complexity index is 1820. The van der Waals surface area contributed by atoms with Crippen molar-refractivity contribution in [3.05, 3.63) is 170 Å². The summed E-state index contributed by atoms with van der Waals surface area (Å²) < 4.78 is 0. The standard InChI is InChI=1S/C38H31N3/c1-3-14-31(15-4-2)40(32-16-8-5-9-17-32)35-24-22-29-26-30-23-25-36(28-38(30)39-37(29)27-35)41(33-18-10-6-11-19-33)34-20-12-7-13-21-34/h3-28H,1H2,2H3/b15-4-,31-14+. The zero-order valence-electron chi connectivity index (χ0n) is 23.1. The molecule has 41 heavy (non-hydrogen) atoms. The monoisotopic (exact) mass is 529 g/mol. The van der Waals surface area contributed by atoms with E-state index in [2.05, 4.69) is 138 Å². The van der Waals surface area contributed by atoms with E-state index in [4.69, 9.17) is 4.98 Å². The van der Waals surface area contributed by atoms with Crippen LogP contribution in [0.4, 0.5) is 28.4 Å². The Hall–Kier alpha value is -5.41. The minimum Gasteiger partial charge on any atom is -0.310 e. The zero-order chi connectivity index (χ0) is 28.0. The van der Waals surface area contributed by atoms with Crippen LogP contribution in [0.5, 0.6) is 0 Å². The summed E-state index contributed by atoms with van der Waals surface area (Å²) in [5, 5.41) is 2.21. The van der Waals surface area contributed by atoms with Gasteiger partial charge in [-0.05, 0) is 85.8 Å². The Balaban J connectivity index is 1.49. The van der Waals surface area contributed by atoms with Gasteiger partial charge >= 0.3 is 0 Å². The maximum Gasteiger partial charge on any atom is 0.0730 e. The number of hydrogen-bond donors (Lipinski definition) is 0. The van der Waals surface area contributed by atoms with Crippen molar-refractivity contribution in [2.75, 3.05) is 9.80 Å². The Kier molecular flexibility index (Phi) is 7.42. The van der Waals surface area contributed by atoms with Crippen LogP contribution in [-0.2, 0) is 0 Å². The summed E-state index contributed by atoms with van der Waals surface area (Å²) in [5.41, 5.74) is 8.29. The number of pyridine rings is 1. The summed E-state index contributed by atoms with van der Waals surface area (Å²) >= 11 is 0. The number of anilines is 5. The minimum absolute atomic E-state index is 0.942. The summed E-state index contributed by atoms with van der Waals surface area (Å²) in [6, 6.07) is 46.5. The molecule has 0 bridgehead atoms. The van der Waals surface area contributed by atoms with Crippen LogP contribution in [0.1, 0.15) is 6.92 Å². The van der Waals surface area contributed by atoms with Crippen molar-refractivity contribution in [3.63, 3.8) is 0 Å². The summed E-state index contributed by atoms with van der Waals surface area (Å²) in [4.78, 5) is 9.68. The maximum atomic E-state index is 5.19. The zero-order valence-corrected chi connectivity index (χ0v) is 23.1. The smallest absolute Gasteiger partial charge is 0.0730 e. The lowest BCUT2D eigenvalue weighted by Gasteiger charge is -2.26. The molecule has 0 aliphatic rings. The van der Waals surface area contributed by atoms with E-state index in [0.29, 0.717) is 0 Å². The van der Waals surface area contributed by atoms with Gasteiger partial charge in [0.25, 0.3) is 0 Å². The molecular formula is C38H31N3. The van der Waals surface area contributed by atoms with E-state index in [9.17, 15) is 0 Å². The number of fused-ring (bicyclic) bond motifs is 2. The highest BCUT2D eigenvalue weighted by molar-refractivity contribution is 5.96. The van der Waals surface area contributed by atoms with Gasteiger partial charge in [0, 0.05) is 44.9 Å². The van der Waals surface area contributed by atoms with Gasteiger partial charge in [0.1, 0.15) is 0 Å². The first-order valence-corrected chi connectivity index (χ1v) is 13.8. The van der Waals surface area contributed by atoms with Crippen LogP contribution in [0.2, 0.25) is 0 Å². The molecule has 0 radical (unpaired) electrons. The first kappa shape index (κ1) is 25.8. The van der Waals surface area contributed by atoms with Gasteiger partial charge in [-0.3, -0.25) is 0 Å². The van der Waals surface area contributed by atoms with Crippen LogP contribution in [0.15, 0.2) is 170 Å². The van der Waals surface area contributed by atoms with Gasteiger partial charge in [-0.15, -0.1) is 0 Å². The van der Waals surface area contributed by atoms with Gasteiger partial charge in [-0.2, -0.15) is 0 Å². The van der Waals surface area contributed by atoms with Gasteiger partial charge in [-0.1, -0.05) is 85.5 Å². The molecule has 6 aromatic rings. The summed E-state index contributed by atoms with van der Waals surface area (Å²) in [7, 11) is 0. The lowest BCUT2D eigenvalue weighted by molar-refractivity contribution is 1.21. The predicted molar refractivity (Wildman–Crippen MR) is 176 cm³/mol. The second-order valence-corrected chi connectivity index (χ2v) is 9.75. The van der Waals surface area contributed by atoms with Crippen molar-refractivity contribution >= 4 is 50.2 Å². The predicted octanol–water partition coefficient (Wildman–Crippen LogP) is 10.6. The van der Waals surface area contributed by atoms with Gasteiger partial charge in [0.2, 0.25) is 0 Å². The Morgan fingerprint density at radius 2 is 1.10 bits per heavy atom. The summed E-state index contributed by atoms with van der Waals surface area (Å²) in [6.45, 7) is 5.98. The van der Waals surface area contributed by atoms with Crippen molar-refractivity contribution in [2.45, 2.75) is 6.92 Å². The third-order valence-corrected chi connectivity index (χ3v) is 7.02. The van der Waals surface area contributed by atoms with Crippen molar-refractivity contribution in [1.82, 2.24) is 4.98 Å². The van der Waals surface area contributed by atoms with E-state index < -0.39 is 0 Å². The van der Waals surface area contributed by atoms with Crippen LogP contribution in [0.3, 0.4) is 0 Å². The van der Waals surface area contributed by atoms with Crippen molar-refractivity contribution < 1.29 is 0 Å². The van der Waals surface area contributed by atoms with E-state index in [0.717, 1.165) is 55.9 Å². The number of para-hydroxylation sites is 3. The Morgan fingerprint density at radius 3 is 1.63 bits per heavy atom. The van der Waals surface area contributed by atoms with E-state index in [1.165, 1.54) is 0 Å². The summed E-state index contributed by atoms with van der Waals surface area (Å²) in [6.07, 6.45) is 8.00. The molecule has 198 valence electrons. The number of aromatic nitrogens is 1. The molecule has 0 N–H and O–H groups in total. The lowest BCUT2D eigenvalue weighted by Crippen LogP contribution is -2.15. The highest BCUT2D eigenvalue weighted by Crippen LogP contribution is 2.37. The number of rotatable bonds is 8. The molecule has 5 aromatic carbocycles. The maximum absolute atomic E-state index is 5.19. The average molecular weight is 530 g/mol. The van der Waals surface area contributed by atoms with Gasteiger partial charge in [0.05, 0.1) is 11.0 Å². The van der Waals surface area contributed by atoms with Crippen LogP contribution >= 0.6 is 0 Å². The molecule has 0 amide bonds. The lowest BCUT2D eigenvalue weighted by atomic mass is 10.1. The van der Waals surface area contributed by atoms with E-state index in [-0.39, 0.29) is 0 Å². The molecule has 0 aliphatic carbocycles. The first-order chi connectivity index (χ1) is 20.2. The number of nitrogens with zero attached hydrogens (tertiary/aromatic N) is 3. The quantitative estimate of drug-likeness (QED) is 0.144. The molecule has 3 nitrogen and oxygen atoms in total. The van der Waals surface area contributed by atoms with E-state index in [1.54, 1.807) is 0 Å². The molecule has 3 heteroatoms. The van der Waals surface area contributed by atoms with Gasteiger partial charge < -0.3 is 9.80 Å². The second kappa shape index (κ2) is 11.8. The number of benzene rings is 5. The normalized spacial score (nSPS) is 11.7. The first-order valence-electron chi connectivity index (χ1n) is 13.8. The van der Waals surface area contributed by atoms with Crippen LogP contribution < -0.4 is 9.80 Å². The van der Waals surface area contributed by atoms with Gasteiger partial charge in [-0.25, -0.2) is 4.98 Å². The fourth-order valence-electron chi connectivity index (χ4n) is 5.20. The van der Waals surface area contributed by atoms with Crippen LogP contribution in [-0.4, -0.2) is 4.98 Å². The number of hydrogen-bond acceptors (Lipinski definition) is 3. The minimum atomic E-state index is 0.942. The average Bonchev–Trinajstić information content (AvgIpc) is 3.02. The molecule has 1 aromatic heterocycles. The fraction of sp³-hybridized carbons (Fsp3) is 0.0263. The molecule has 0 spiro atoms. The van der Waals surface area contributed by atoms with Gasteiger partial charge in [0.15, 0.2) is 0 Å². The van der Waals surface area contributed by atoms with Crippen LogP contribution in [0.25, 0.3) is 21.8 Å². The summed E-state index contributed by atoms with van der Waals surface area (Å²) in [5.74, 6) is 0. The largest absolute Gasteiger partial charge is 0.310 e. The molecule has 0 atom stereocenters. The van der Waals surface area contributed by atoms with Crippen molar-refractivity contribution in [3.8, 4) is 0 Å². The third kappa shape index (κ3) is 5.39. The highest BCUT2D eigenvalue weighted by Gasteiger charge is 2.15. The molecule has 0 fully saturated rings.